The summed E-state index contributed by atoms with van der Waals surface area (Å²) in [6, 6.07) is 19.1. The van der Waals surface area contributed by atoms with E-state index in [2.05, 4.69) is 10.6 Å². The smallest absolute Gasteiger partial charge is 0.255 e. The van der Waals surface area contributed by atoms with Gasteiger partial charge in [-0.3, -0.25) is 9.59 Å². The molecule has 34 heavy (non-hydrogen) atoms. The van der Waals surface area contributed by atoms with Crippen molar-refractivity contribution in [1.82, 2.24) is 0 Å². The second-order valence-electron chi connectivity index (χ2n) is 7.68. The predicted molar refractivity (Wildman–Crippen MR) is 133 cm³/mol. The van der Waals surface area contributed by atoms with Crippen molar-refractivity contribution in [3.05, 3.63) is 77.9 Å². The number of carbonyl (C=O) groups excluding carboxylic acids is 2. The second kappa shape index (κ2) is 11.7. The molecule has 0 aliphatic rings. The summed E-state index contributed by atoms with van der Waals surface area (Å²) in [4.78, 5) is 25.6. The molecule has 7 heteroatoms. The standard InChI is InChI=1S/C27H30N2O5/c1-5-32-24-17-23(29-27(31)20-12-14-21(15-13-20)34-18(3)4)25(33-6-2)16-22(24)28-26(30)19-10-8-7-9-11-19/h7-18H,5-6H2,1-4H3,(H,28,30)(H,29,31). The summed E-state index contributed by atoms with van der Waals surface area (Å²) in [5.74, 6) is 0.956. The zero-order chi connectivity index (χ0) is 24.5. The maximum Gasteiger partial charge on any atom is 0.255 e. The van der Waals surface area contributed by atoms with Crippen LogP contribution >= 0.6 is 0 Å². The van der Waals surface area contributed by atoms with Crippen molar-refractivity contribution in [2.24, 2.45) is 0 Å². The quantitative estimate of drug-likeness (QED) is 0.399. The van der Waals surface area contributed by atoms with E-state index >= 15 is 0 Å². The molecule has 3 aromatic carbocycles. The molecule has 2 N–H and O–H groups in total. The summed E-state index contributed by atoms with van der Waals surface area (Å²) in [5, 5.41) is 5.76. The van der Waals surface area contributed by atoms with Crippen LogP contribution in [0.25, 0.3) is 0 Å². The summed E-state index contributed by atoms with van der Waals surface area (Å²) >= 11 is 0. The summed E-state index contributed by atoms with van der Waals surface area (Å²) in [7, 11) is 0. The first kappa shape index (κ1) is 24.6. The van der Waals surface area contributed by atoms with Gasteiger partial charge in [0, 0.05) is 23.3 Å². The van der Waals surface area contributed by atoms with Crippen LogP contribution in [0.15, 0.2) is 66.7 Å². The molecule has 0 spiro atoms. The average molecular weight is 463 g/mol. The molecule has 7 nitrogen and oxygen atoms in total. The van der Waals surface area contributed by atoms with E-state index in [1.165, 1.54) is 0 Å². The maximum atomic E-state index is 12.9. The monoisotopic (exact) mass is 462 g/mol. The van der Waals surface area contributed by atoms with Crippen LogP contribution in [-0.4, -0.2) is 31.1 Å². The number of carbonyl (C=O) groups is 2. The van der Waals surface area contributed by atoms with Crippen LogP contribution < -0.4 is 24.8 Å². The molecule has 0 saturated carbocycles. The number of hydrogen-bond acceptors (Lipinski definition) is 5. The van der Waals surface area contributed by atoms with Crippen molar-refractivity contribution >= 4 is 23.2 Å². The third-order valence-electron chi connectivity index (χ3n) is 4.70. The zero-order valence-corrected chi connectivity index (χ0v) is 19.9. The largest absolute Gasteiger partial charge is 0.492 e. The van der Waals surface area contributed by atoms with E-state index in [4.69, 9.17) is 14.2 Å². The molecule has 2 amide bonds. The molecule has 0 unspecified atom stereocenters. The lowest BCUT2D eigenvalue weighted by Crippen LogP contribution is -2.16. The molecule has 0 aliphatic carbocycles. The van der Waals surface area contributed by atoms with E-state index in [9.17, 15) is 9.59 Å². The fraction of sp³-hybridized carbons (Fsp3) is 0.259. The Morgan fingerprint density at radius 1 is 0.735 bits per heavy atom. The van der Waals surface area contributed by atoms with Gasteiger partial charge < -0.3 is 24.8 Å². The summed E-state index contributed by atoms with van der Waals surface area (Å²) in [6.07, 6.45) is 0.0475. The highest BCUT2D eigenvalue weighted by molar-refractivity contribution is 6.07. The number of hydrogen-bond donors (Lipinski definition) is 2. The topological polar surface area (TPSA) is 85.9 Å². The van der Waals surface area contributed by atoms with Crippen molar-refractivity contribution in [2.75, 3.05) is 23.8 Å². The Bertz CT molecular complexity index is 1110. The van der Waals surface area contributed by atoms with Crippen LogP contribution in [0.4, 0.5) is 11.4 Å². The molecule has 3 aromatic rings. The molecule has 0 radical (unpaired) electrons. The highest BCUT2D eigenvalue weighted by Crippen LogP contribution is 2.37. The van der Waals surface area contributed by atoms with Crippen LogP contribution in [-0.2, 0) is 0 Å². The van der Waals surface area contributed by atoms with Gasteiger partial charge in [-0.1, -0.05) is 18.2 Å². The maximum absolute atomic E-state index is 12.9. The van der Waals surface area contributed by atoms with Gasteiger partial charge in [-0.2, -0.15) is 0 Å². The van der Waals surface area contributed by atoms with E-state index in [1.807, 2.05) is 33.8 Å². The lowest BCUT2D eigenvalue weighted by molar-refractivity contribution is 0.101. The second-order valence-corrected chi connectivity index (χ2v) is 7.68. The van der Waals surface area contributed by atoms with Gasteiger partial charge >= 0.3 is 0 Å². The Labute approximate surface area is 200 Å². The van der Waals surface area contributed by atoms with E-state index < -0.39 is 0 Å². The molecule has 0 aromatic heterocycles. The summed E-state index contributed by atoms with van der Waals surface area (Å²) < 4.78 is 17.1. The fourth-order valence-corrected chi connectivity index (χ4v) is 3.24. The lowest BCUT2D eigenvalue weighted by Gasteiger charge is -2.18. The van der Waals surface area contributed by atoms with Gasteiger partial charge in [0.1, 0.15) is 17.2 Å². The Kier molecular flexibility index (Phi) is 8.51. The van der Waals surface area contributed by atoms with Crippen molar-refractivity contribution in [1.29, 1.82) is 0 Å². The van der Waals surface area contributed by atoms with Gasteiger partial charge in [0.25, 0.3) is 11.8 Å². The minimum Gasteiger partial charge on any atom is -0.492 e. The molecule has 0 aliphatic heterocycles. The van der Waals surface area contributed by atoms with Crippen molar-refractivity contribution in [3.8, 4) is 17.2 Å². The van der Waals surface area contributed by atoms with Gasteiger partial charge in [-0.05, 0) is 64.1 Å². The molecule has 0 fully saturated rings. The van der Waals surface area contributed by atoms with Crippen molar-refractivity contribution in [3.63, 3.8) is 0 Å². The predicted octanol–water partition coefficient (Wildman–Crippen LogP) is 5.78. The minimum atomic E-state index is -0.305. The fourth-order valence-electron chi connectivity index (χ4n) is 3.24. The molecule has 178 valence electrons. The normalized spacial score (nSPS) is 10.5. The van der Waals surface area contributed by atoms with E-state index in [0.717, 1.165) is 0 Å². The molecule has 3 rings (SSSR count). The molecule has 0 bridgehead atoms. The Morgan fingerprint density at radius 3 is 1.65 bits per heavy atom. The number of amides is 2. The third kappa shape index (κ3) is 6.51. The lowest BCUT2D eigenvalue weighted by atomic mass is 10.1. The molecular weight excluding hydrogens is 432 g/mol. The van der Waals surface area contributed by atoms with Crippen LogP contribution in [0.3, 0.4) is 0 Å². The van der Waals surface area contributed by atoms with Gasteiger partial charge in [0.2, 0.25) is 0 Å². The van der Waals surface area contributed by atoms with E-state index in [0.29, 0.717) is 53.0 Å². The molecule has 0 heterocycles. The Balaban J connectivity index is 1.86. The van der Waals surface area contributed by atoms with Gasteiger partial charge in [-0.15, -0.1) is 0 Å². The number of rotatable bonds is 10. The van der Waals surface area contributed by atoms with Crippen LogP contribution in [0.2, 0.25) is 0 Å². The first-order chi connectivity index (χ1) is 16.4. The highest BCUT2D eigenvalue weighted by atomic mass is 16.5. The van der Waals surface area contributed by atoms with Crippen LogP contribution in [0.1, 0.15) is 48.4 Å². The average Bonchev–Trinajstić information content (AvgIpc) is 2.82. The first-order valence-electron chi connectivity index (χ1n) is 11.3. The third-order valence-corrected chi connectivity index (χ3v) is 4.70. The van der Waals surface area contributed by atoms with Crippen molar-refractivity contribution in [2.45, 2.75) is 33.8 Å². The Morgan fingerprint density at radius 2 is 1.21 bits per heavy atom. The van der Waals surface area contributed by atoms with Crippen LogP contribution in [0.5, 0.6) is 17.2 Å². The van der Waals surface area contributed by atoms with E-state index in [-0.39, 0.29) is 17.9 Å². The van der Waals surface area contributed by atoms with E-state index in [1.54, 1.807) is 60.7 Å². The Hall–Kier alpha value is -4.00. The summed E-state index contributed by atoms with van der Waals surface area (Å²) in [6.45, 7) is 8.34. The molecule has 0 atom stereocenters. The first-order valence-corrected chi connectivity index (χ1v) is 11.3. The molecular formula is C27H30N2O5. The SMILES string of the molecule is CCOc1cc(NC(=O)c2ccc(OC(C)C)cc2)c(OCC)cc1NC(=O)c1ccccc1. The minimum absolute atomic E-state index is 0.0475. The molecule has 0 saturated heterocycles. The number of nitrogens with one attached hydrogen (secondary N) is 2. The van der Waals surface area contributed by atoms with Gasteiger partial charge in [0.05, 0.1) is 30.7 Å². The van der Waals surface area contributed by atoms with Gasteiger partial charge in [-0.25, -0.2) is 0 Å². The summed E-state index contributed by atoms with van der Waals surface area (Å²) in [5.41, 5.74) is 1.88. The number of benzene rings is 3. The van der Waals surface area contributed by atoms with Crippen LogP contribution in [0, 0.1) is 0 Å². The number of ether oxygens (including phenoxy) is 3. The van der Waals surface area contributed by atoms with Gasteiger partial charge in [0.15, 0.2) is 0 Å². The number of anilines is 2. The van der Waals surface area contributed by atoms with Crippen molar-refractivity contribution < 1.29 is 23.8 Å². The highest BCUT2D eigenvalue weighted by Gasteiger charge is 2.17. The zero-order valence-electron chi connectivity index (χ0n) is 19.9.